The molecule has 0 bridgehead atoms. The second kappa shape index (κ2) is 8.54. The number of urea groups is 1. The number of aromatic nitrogens is 1. The van der Waals surface area contributed by atoms with E-state index in [0.29, 0.717) is 24.8 Å². The van der Waals surface area contributed by atoms with Gasteiger partial charge in [0, 0.05) is 22.4 Å². The minimum Gasteiger partial charge on any atom is -0.475 e. The van der Waals surface area contributed by atoms with E-state index >= 15 is 0 Å². The van der Waals surface area contributed by atoms with Gasteiger partial charge in [-0.15, -0.1) is 0 Å². The van der Waals surface area contributed by atoms with Crippen LogP contribution in [-0.4, -0.2) is 31.3 Å². The summed E-state index contributed by atoms with van der Waals surface area (Å²) in [6.07, 6.45) is 1.54. The molecule has 1 aromatic heterocycles. The molecule has 1 aromatic carbocycles. The summed E-state index contributed by atoms with van der Waals surface area (Å²) in [5, 5.41) is 5.45. The number of benzene rings is 1. The summed E-state index contributed by atoms with van der Waals surface area (Å²) in [7, 11) is 1.61. The van der Waals surface area contributed by atoms with Crippen molar-refractivity contribution in [2.45, 2.75) is 0 Å². The van der Waals surface area contributed by atoms with E-state index in [-0.39, 0.29) is 6.03 Å². The number of methoxy groups -OCH3 is 1. The van der Waals surface area contributed by atoms with Gasteiger partial charge in [0.1, 0.15) is 6.61 Å². The Balaban J connectivity index is 1.84. The first-order valence-corrected chi connectivity index (χ1v) is 7.66. The average Bonchev–Trinajstić information content (AvgIpc) is 2.51. The predicted molar refractivity (Wildman–Crippen MR) is 93.4 cm³/mol. The minimum absolute atomic E-state index is 0.323. The first kappa shape index (κ1) is 16.5. The molecule has 6 nitrogen and oxygen atoms in total. The number of carbonyl (C=O) groups excluding carboxylic acids is 1. The van der Waals surface area contributed by atoms with Crippen LogP contribution in [0.4, 0.5) is 16.2 Å². The van der Waals surface area contributed by atoms with E-state index in [1.165, 1.54) is 6.20 Å². The van der Waals surface area contributed by atoms with Crippen molar-refractivity contribution in [1.82, 2.24) is 4.98 Å². The molecule has 1 heterocycles. The fourth-order valence-corrected chi connectivity index (χ4v) is 1.96. The van der Waals surface area contributed by atoms with E-state index in [1.54, 1.807) is 19.2 Å². The lowest BCUT2D eigenvalue weighted by molar-refractivity contribution is 0.144. The van der Waals surface area contributed by atoms with Crippen molar-refractivity contribution < 1.29 is 14.3 Å². The fourth-order valence-electron chi connectivity index (χ4n) is 1.60. The zero-order valence-corrected chi connectivity index (χ0v) is 14.2. The molecule has 2 amide bonds. The Labute approximate surface area is 142 Å². The van der Waals surface area contributed by atoms with Crippen molar-refractivity contribution in [1.29, 1.82) is 0 Å². The summed E-state index contributed by atoms with van der Waals surface area (Å²) in [5.41, 5.74) is 1.31. The zero-order valence-electron chi connectivity index (χ0n) is 12.0. The molecule has 22 heavy (non-hydrogen) atoms. The summed E-state index contributed by atoms with van der Waals surface area (Å²) in [4.78, 5) is 16.0. The minimum atomic E-state index is -0.323. The summed E-state index contributed by atoms with van der Waals surface area (Å²) >= 11 is 2.21. The number of rotatable bonds is 6. The molecule has 2 aromatic rings. The average molecular weight is 413 g/mol. The number of hydrogen-bond acceptors (Lipinski definition) is 4. The highest BCUT2D eigenvalue weighted by Crippen LogP contribution is 2.14. The van der Waals surface area contributed by atoms with Crippen LogP contribution in [-0.2, 0) is 4.74 Å². The van der Waals surface area contributed by atoms with Gasteiger partial charge in [0.25, 0.3) is 0 Å². The Morgan fingerprint density at radius 3 is 2.41 bits per heavy atom. The Morgan fingerprint density at radius 1 is 1.09 bits per heavy atom. The molecule has 0 radical (unpaired) electrons. The van der Waals surface area contributed by atoms with Crippen LogP contribution >= 0.6 is 22.6 Å². The van der Waals surface area contributed by atoms with Crippen molar-refractivity contribution in [2.75, 3.05) is 31.0 Å². The zero-order chi connectivity index (χ0) is 15.8. The van der Waals surface area contributed by atoms with Gasteiger partial charge in [-0.2, -0.15) is 0 Å². The van der Waals surface area contributed by atoms with Crippen LogP contribution in [0, 0.1) is 3.57 Å². The van der Waals surface area contributed by atoms with Gasteiger partial charge >= 0.3 is 6.03 Å². The van der Waals surface area contributed by atoms with Gasteiger partial charge in [-0.1, -0.05) is 0 Å². The number of halogens is 1. The lowest BCUT2D eigenvalue weighted by Gasteiger charge is -2.08. The van der Waals surface area contributed by atoms with Gasteiger partial charge in [-0.3, -0.25) is 0 Å². The van der Waals surface area contributed by atoms with Gasteiger partial charge in [0.15, 0.2) is 0 Å². The topological polar surface area (TPSA) is 72.5 Å². The Kier molecular flexibility index (Phi) is 6.41. The lowest BCUT2D eigenvalue weighted by atomic mass is 10.3. The Hall–Kier alpha value is -1.87. The number of hydrogen-bond donors (Lipinski definition) is 2. The molecule has 0 atom stereocenters. The Morgan fingerprint density at radius 2 is 1.77 bits per heavy atom. The molecule has 0 aliphatic rings. The third-order valence-corrected chi connectivity index (χ3v) is 3.35. The highest BCUT2D eigenvalue weighted by atomic mass is 127. The SMILES string of the molecule is COCCOc1ccc(NC(=O)Nc2ccc(I)cc2)cn1. The molecule has 2 N–H and O–H groups in total. The molecule has 0 aliphatic heterocycles. The van der Waals surface area contributed by atoms with Crippen LogP contribution in [0.25, 0.3) is 0 Å². The number of nitrogens with zero attached hydrogens (tertiary/aromatic N) is 1. The van der Waals surface area contributed by atoms with Gasteiger partial charge in [-0.25, -0.2) is 9.78 Å². The van der Waals surface area contributed by atoms with Crippen LogP contribution < -0.4 is 15.4 Å². The second-order valence-electron chi connectivity index (χ2n) is 4.31. The van der Waals surface area contributed by atoms with Gasteiger partial charge in [0.2, 0.25) is 5.88 Å². The smallest absolute Gasteiger partial charge is 0.323 e. The Bertz CT molecular complexity index is 602. The molecule has 0 saturated heterocycles. The number of anilines is 2. The number of nitrogens with one attached hydrogen (secondary N) is 2. The van der Waals surface area contributed by atoms with Crippen molar-refractivity contribution in [3.05, 3.63) is 46.2 Å². The second-order valence-corrected chi connectivity index (χ2v) is 5.56. The highest BCUT2D eigenvalue weighted by Gasteiger charge is 2.03. The van der Waals surface area contributed by atoms with Gasteiger partial charge < -0.3 is 20.1 Å². The summed E-state index contributed by atoms with van der Waals surface area (Å²) in [6.45, 7) is 0.934. The van der Waals surface area contributed by atoms with E-state index in [9.17, 15) is 4.79 Å². The van der Waals surface area contributed by atoms with Gasteiger partial charge in [0.05, 0.1) is 18.5 Å². The van der Waals surface area contributed by atoms with E-state index in [1.807, 2.05) is 24.3 Å². The van der Waals surface area contributed by atoms with Crippen LogP contribution in [0.2, 0.25) is 0 Å². The number of amides is 2. The fraction of sp³-hybridized carbons (Fsp3) is 0.200. The first-order valence-electron chi connectivity index (χ1n) is 6.59. The van der Waals surface area contributed by atoms with Crippen molar-refractivity contribution in [3.8, 4) is 5.88 Å². The van der Waals surface area contributed by atoms with Crippen LogP contribution in [0.3, 0.4) is 0 Å². The van der Waals surface area contributed by atoms with E-state index in [2.05, 4.69) is 38.2 Å². The maximum Gasteiger partial charge on any atom is 0.323 e. The third-order valence-electron chi connectivity index (χ3n) is 2.63. The monoisotopic (exact) mass is 413 g/mol. The van der Waals surface area contributed by atoms with E-state index in [4.69, 9.17) is 9.47 Å². The molecule has 0 saturated carbocycles. The van der Waals surface area contributed by atoms with Crippen molar-refractivity contribution in [3.63, 3.8) is 0 Å². The number of carbonyl (C=O) groups is 1. The highest BCUT2D eigenvalue weighted by molar-refractivity contribution is 14.1. The normalized spacial score (nSPS) is 10.1. The van der Waals surface area contributed by atoms with E-state index < -0.39 is 0 Å². The summed E-state index contributed by atoms with van der Waals surface area (Å²) in [5.74, 6) is 0.487. The largest absolute Gasteiger partial charge is 0.475 e. The molecule has 116 valence electrons. The molecule has 7 heteroatoms. The van der Waals surface area contributed by atoms with Crippen LogP contribution in [0.15, 0.2) is 42.6 Å². The summed E-state index contributed by atoms with van der Waals surface area (Å²) < 4.78 is 11.3. The molecule has 0 spiro atoms. The van der Waals surface area contributed by atoms with Crippen LogP contribution in [0.1, 0.15) is 0 Å². The molecule has 2 rings (SSSR count). The molecular formula is C15H16IN3O3. The molecule has 0 unspecified atom stereocenters. The molecular weight excluding hydrogens is 397 g/mol. The van der Waals surface area contributed by atoms with Crippen molar-refractivity contribution in [2.24, 2.45) is 0 Å². The maximum absolute atomic E-state index is 11.9. The summed E-state index contributed by atoms with van der Waals surface area (Å²) in [6, 6.07) is 10.6. The standard InChI is InChI=1S/C15H16IN3O3/c1-21-8-9-22-14-7-6-13(10-17-14)19-15(20)18-12-4-2-11(16)3-5-12/h2-7,10H,8-9H2,1H3,(H2,18,19,20). The first-order chi connectivity index (χ1) is 10.7. The molecule has 0 fully saturated rings. The number of ether oxygens (including phenoxy) is 2. The quantitative estimate of drug-likeness (QED) is 0.563. The predicted octanol–water partition coefficient (Wildman–Crippen LogP) is 3.36. The lowest BCUT2D eigenvalue weighted by Crippen LogP contribution is -2.19. The van der Waals surface area contributed by atoms with Crippen molar-refractivity contribution >= 4 is 40.0 Å². The molecule has 0 aliphatic carbocycles. The number of pyridine rings is 1. The van der Waals surface area contributed by atoms with Gasteiger partial charge in [-0.05, 0) is 52.9 Å². The maximum atomic E-state index is 11.9. The van der Waals surface area contributed by atoms with Crippen LogP contribution in [0.5, 0.6) is 5.88 Å². The van der Waals surface area contributed by atoms with E-state index in [0.717, 1.165) is 9.26 Å². The third kappa shape index (κ3) is 5.49.